The van der Waals surface area contributed by atoms with E-state index in [4.69, 9.17) is 22.8 Å². The van der Waals surface area contributed by atoms with Gasteiger partial charge in [-0.25, -0.2) is 4.98 Å². The van der Waals surface area contributed by atoms with Crippen molar-refractivity contribution in [1.29, 1.82) is 0 Å². The van der Waals surface area contributed by atoms with Gasteiger partial charge in [0, 0.05) is 56.4 Å². The van der Waals surface area contributed by atoms with Crippen molar-refractivity contribution in [1.82, 2.24) is 14.5 Å². The van der Waals surface area contributed by atoms with Gasteiger partial charge in [-0.1, -0.05) is 214 Å². The number of rotatable bonds is 7. The minimum Gasteiger partial charge on any atom is -0.507 e. The summed E-state index contributed by atoms with van der Waals surface area (Å²) >= 11 is 0. The standard InChI is InChI=1S/C65H66N3O.Pt/c1-41-22-31-57(53(34-41)44-25-29-50(30-26-44)63(5,6)7)68-58-21-17-20-52(59(58)67-61(68)54-39-51(64(8,9)10)40-55(60(54)69)65(11,12)13)47-35-46(42-18-15-14-16-19-42)36-48(37-47)56-38-45(32-33-66-56)43-23-27-49(28-24-43)62(2,3)4;/h14-36,38-40,69H,1-13H3;/q-1;/i2D3,3D3,4D3,23D,24D,27D,28D,32D,33D,38D;. The van der Waals surface area contributed by atoms with Crippen LogP contribution in [-0.4, -0.2) is 19.6 Å². The summed E-state index contributed by atoms with van der Waals surface area (Å²) in [4.78, 5) is 9.97. The Bertz CT molecular complexity index is 4060. The van der Waals surface area contributed by atoms with Crippen LogP contribution in [0.2, 0.25) is 0 Å². The first-order valence-electron chi connectivity index (χ1n) is 31.1. The van der Waals surface area contributed by atoms with Gasteiger partial charge >= 0.3 is 0 Å². The van der Waals surface area contributed by atoms with E-state index in [0.717, 1.165) is 33.5 Å². The quantitative estimate of drug-likeness (QED) is 0.162. The molecule has 0 spiro atoms. The fourth-order valence-electron chi connectivity index (χ4n) is 8.61. The number of imidazole rings is 1. The summed E-state index contributed by atoms with van der Waals surface area (Å²) in [6, 6.07) is 34.4. The van der Waals surface area contributed by atoms with Crippen molar-refractivity contribution in [3.05, 3.63) is 192 Å². The van der Waals surface area contributed by atoms with Crippen molar-refractivity contribution in [2.24, 2.45) is 0 Å². The van der Waals surface area contributed by atoms with Gasteiger partial charge in [0.15, 0.2) is 0 Å². The molecule has 0 amide bonds. The second-order valence-electron chi connectivity index (χ2n) is 21.0. The minimum atomic E-state index is -3.94. The Kier molecular flexibility index (Phi) is 8.92. The topological polar surface area (TPSA) is 50.9 Å². The fourth-order valence-corrected chi connectivity index (χ4v) is 8.61. The van der Waals surface area contributed by atoms with Crippen LogP contribution < -0.4 is 0 Å². The van der Waals surface area contributed by atoms with Crippen molar-refractivity contribution in [3.63, 3.8) is 0 Å². The van der Waals surface area contributed by atoms with E-state index in [1.54, 1.807) is 6.07 Å². The Balaban J connectivity index is 0.00000961. The molecule has 2 aromatic heterocycles. The van der Waals surface area contributed by atoms with Gasteiger partial charge < -0.3 is 5.11 Å². The minimum absolute atomic E-state index is 0. The van der Waals surface area contributed by atoms with E-state index in [2.05, 4.69) is 120 Å². The van der Waals surface area contributed by atoms with E-state index in [1.165, 1.54) is 5.56 Å². The average molecular weight is 1120 g/mol. The maximum absolute atomic E-state index is 12.7. The third-order valence-electron chi connectivity index (χ3n) is 12.5. The SMILES string of the molecule is [2H]c1nc(-c2[c-]c(-c3cccc4c3nc(-c3cc(C(C)(C)C)cc(C(C)(C)C)c3O)n4-c3ccc(C)cc3-c3ccc(C(C)(C)C)cc3)cc(-c3ccccc3)c2)c([2H])c(-c2c([2H])c([2H])c(C(C([2H])([2H])[2H])(C([2H])([2H])[2H])C([2H])([2H])[2H])c([2H])c2[2H])c1[2H].[Pt]. The van der Waals surface area contributed by atoms with E-state index < -0.39 is 90.5 Å². The molecular formula is C65H66N3OPt-. The van der Waals surface area contributed by atoms with Crippen LogP contribution in [0, 0.1) is 13.0 Å². The zero-order valence-corrected chi connectivity index (χ0v) is 43.3. The molecule has 9 rings (SSSR count). The summed E-state index contributed by atoms with van der Waals surface area (Å²) in [5, 5.41) is 12.7. The Morgan fingerprint density at radius 1 is 0.557 bits per heavy atom. The molecule has 0 saturated heterocycles. The van der Waals surface area contributed by atoms with E-state index in [-0.39, 0.29) is 48.9 Å². The maximum Gasteiger partial charge on any atom is 0.148 e. The average Bonchev–Trinajstić information content (AvgIpc) is 1.94. The molecule has 0 atom stereocenters. The molecular weight excluding hydrogens is 1030 g/mol. The molecule has 1 N–H and O–H groups in total. The molecule has 0 aliphatic heterocycles. The van der Waals surface area contributed by atoms with Gasteiger partial charge in [0.2, 0.25) is 0 Å². The number of fused-ring (bicyclic) bond motifs is 1. The summed E-state index contributed by atoms with van der Waals surface area (Å²) < 4.78 is 141. The number of hydrogen-bond acceptors (Lipinski definition) is 3. The number of nitrogens with zero attached hydrogens (tertiary/aromatic N) is 3. The predicted octanol–water partition coefficient (Wildman–Crippen LogP) is 17.4. The summed E-state index contributed by atoms with van der Waals surface area (Å²) in [6.45, 7) is 9.25. The van der Waals surface area contributed by atoms with E-state index in [1.807, 2.05) is 73.7 Å². The second kappa shape index (κ2) is 18.8. The first-order chi connectivity index (χ1) is 39.2. The molecule has 4 nitrogen and oxygen atoms in total. The van der Waals surface area contributed by atoms with Gasteiger partial charge in [0.1, 0.15) is 11.6 Å². The molecule has 0 aliphatic carbocycles. The van der Waals surface area contributed by atoms with Crippen LogP contribution in [-0.2, 0) is 42.7 Å². The monoisotopic (exact) mass is 1120 g/mol. The normalized spacial score (nSPS) is 16.1. The number of phenols is 1. The molecule has 0 fully saturated rings. The molecule has 358 valence electrons. The Hall–Kier alpha value is -6.35. The first-order valence-corrected chi connectivity index (χ1v) is 23.1. The number of para-hydroxylation sites is 1. The van der Waals surface area contributed by atoms with Crippen LogP contribution in [0.4, 0.5) is 0 Å². The van der Waals surface area contributed by atoms with Crippen LogP contribution in [0.25, 0.3) is 83.9 Å². The Morgan fingerprint density at radius 3 is 1.90 bits per heavy atom. The number of hydrogen-bond donors (Lipinski definition) is 1. The van der Waals surface area contributed by atoms with Crippen molar-refractivity contribution >= 4 is 11.0 Å². The summed E-state index contributed by atoms with van der Waals surface area (Å²) in [6.07, 6.45) is -0.761. The molecule has 0 radical (unpaired) electrons. The number of phenolic OH excluding ortho intramolecular Hbond substituents is 1. The molecule has 7 aromatic carbocycles. The van der Waals surface area contributed by atoms with Gasteiger partial charge in [-0.15, -0.1) is 23.8 Å². The second-order valence-corrected chi connectivity index (χ2v) is 21.0. The molecule has 70 heavy (non-hydrogen) atoms. The largest absolute Gasteiger partial charge is 0.507 e. The smallest absolute Gasteiger partial charge is 0.148 e. The van der Waals surface area contributed by atoms with Gasteiger partial charge in [-0.2, -0.15) is 0 Å². The van der Waals surface area contributed by atoms with Gasteiger partial charge in [-0.05, 0) is 97.8 Å². The molecule has 9 aromatic rings. The van der Waals surface area contributed by atoms with Crippen molar-refractivity contribution < 1.29 is 48.1 Å². The Morgan fingerprint density at radius 2 is 1.24 bits per heavy atom. The summed E-state index contributed by atoms with van der Waals surface area (Å²) in [5.74, 6) is 0.509. The van der Waals surface area contributed by atoms with Crippen LogP contribution in [0.5, 0.6) is 5.75 Å². The number of benzene rings is 7. The third-order valence-corrected chi connectivity index (χ3v) is 12.5. The summed E-state index contributed by atoms with van der Waals surface area (Å²) in [7, 11) is 0. The molecule has 0 saturated carbocycles. The van der Waals surface area contributed by atoms with Crippen molar-refractivity contribution in [3.8, 4) is 78.6 Å². The number of pyridine rings is 1. The fraction of sp³-hybridized carbons (Fsp3) is 0.262. The van der Waals surface area contributed by atoms with Crippen molar-refractivity contribution in [2.45, 2.75) is 111 Å². The van der Waals surface area contributed by atoms with E-state index >= 15 is 0 Å². The van der Waals surface area contributed by atoms with Crippen LogP contribution in [0.1, 0.15) is 133 Å². The zero-order chi connectivity index (χ0) is 62.8. The number of aromatic hydroxyl groups is 1. The molecule has 5 heteroatoms. The number of aryl methyl sites for hydroxylation is 1. The number of aromatic nitrogens is 3. The summed E-state index contributed by atoms with van der Waals surface area (Å²) in [5.41, 5.74) is 2.56. The van der Waals surface area contributed by atoms with Gasteiger partial charge in [0.05, 0.1) is 31.9 Å². The van der Waals surface area contributed by atoms with E-state index in [9.17, 15) is 9.22 Å². The van der Waals surface area contributed by atoms with Crippen LogP contribution in [0.3, 0.4) is 0 Å². The van der Waals surface area contributed by atoms with Crippen LogP contribution >= 0.6 is 0 Å². The molecule has 0 aliphatic rings. The Labute approximate surface area is 453 Å². The van der Waals surface area contributed by atoms with E-state index in [0.29, 0.717) is 44.7 Å². The van der Waals surface area contributed by atoms with Crippen LogP contribution in [0.15, 0.2) is 158 Å². The maximum atomic E-state index is 12.7. The zero-order valence-electron chi connectivity index (χ0n) is 57.1. The molecule has 2 heterocycles. The first kappa shape index (κ1) is 33.3. The van der Waals surface area contributed by atoms with Crippen molar-refractivity contribution in [2.75, 3.05) is 0 Å². The van der Waals surface area contributed by atoms with Gasteiger partial charge in [0.25, 0.3) is 0 Å². The molecule has 0 bridgehead atoms. The van der Waals surface area contributed by atoms with Gasteiger partial charge in [-0.3, -0.25) is 9.55 Å². The predicted molar refractivity (Wildman–Crippen MR) is 292 cm³/mol. The molecule has 0 unspecified atom stereocenters. The third kappa shape index (κ3) is 9.99.